The first kappa shape index (κ1) is 13.2. The molecule has 0 spiro atoms. The maximum absolute atomic E-state index is 9.05. The van der Waals surface area contributed by atoms with Crippen molar-refractivity contribution in [1.82, 2.24) is 0 Å². The third kappa shape index (κ3) is 3.39. The molecule has 0 heterocycles. The second-order valence-corrected chi connectivity index (χ2v) is 4.77. The molecule has 0 saturated heterocycles. The summed E-state index contributed by atoms with van der Waals surface area (Å²) in [6.45, 7) is 0.702. The van der Waals surface area contributed by atoms with Crippen LogP contribution in [0.3, 0.4) is 0 Å². The lowest BCUT2D eigenvalue weighted by Crippen LogP contribution is -1.99. The summed E-state index contributed by atoms with van der Waals surface area (Å²) in [4.78, 5) is 0. The van der Waals surface area contributed by atoms with Gasteiger partial charge in [0.25, 0.3) is 0 Å². The predicted molar refractivity (Wildman–Crippen MR) is 76.2 cm³/mol. The number of anilines is 1. The number of hydrogen-bond donors (Lipinski definition) is 2. The zero-order valence-corrected chi connectivity index (χ0v) is 11.2. The van der Waals surface area contributed by atoms with E-state index in [0.717, 1.165) is 16.8 Å². The van der Waals surface area contributed by atoms with E-state index in [1.54, 1.807) is 6.07 Å². The first-order valence-electron chi connectivity index (χ1n) is 5.56. The summed E-state index contributed by atoms with van der Waals surface area (Å²) in [7, 11) is 0. The smallest absolute Gasteiger partial charge is 0.0682 e. The highest BCUT2D eigenvalue weighted by molar-refractivity contribution is 6.42. The van der Waals surface area contributed by atoms with Crippen LogP contribution in [0.4, 0.5) is 5.69 Å². The Morgan fingerprint density at radius 3 is 2.50 bits per heavy atom. The van der Waals surface area contributed by atoms with Crippen LogP contribution in [-0.4, -0.2) is 5.11 Å². The summed E-state index contributed by atoms with van der Waals surface area (Å²) in [5, 5.41) is 13.4. The van der Waals surface area contributed by atoms with Gasteiger partial charge in [0.1, 0.15) is 0 Å². The molecule has 2 rings (SSSR count). The van der Waals surface area contributed by atoms with Gasteiger partial charge < -0.3 is 10.4 Å². The van der Waals surface area contributed by atoms with Gasteiger partial charge in [0.15, 0.2) is 0 Å². The minimum Gasteiger partial charge on any atom is -0.392 e. The van der Waals surface area contributed by atoms with Crippen molar-refractivity contribution in [2.24, 2.45) is 0 Å². The van der Waals surface area contributed by atoms with Crippen molar-refractivity contribution in [3.8, 4) is 0 Å². The number of nitrogens with one attached hydrogen (secondary N) is 1. The van der Waals surface area contributed by atoms with E-state index in [1.165, 1.54) is 0 Å². The average molecular weight is 282 g/mol. The maximum Gasteiger partial charge on any atom is 0.0682 e. The summed E-state index contributed by atoms with van der Waals surface area (Å²) >= 11 is 11.8. The van der Waals surface area contributed by atoms with Gasteiger partial charge >= 0.3 is 0 Å². The van der Waals surface area contributed by atoms with Gasteiger partial charge in [-0.05, 0) is 35.4 Å². The maximum atomic E-state index is 9.05. The van der Waals surface area contributed by atoms with Crippen molar-refractivity contribution in [2.45, 2.75) is 13.2 Å². The fraction of sp³-hybridized carbons (Fsp3) is 0.143. The second-order valence-electron chi connectivity index (χ2n) is 3.96. The highest BCUT2D eigenvalue weighted by atomic mass is 35.5. The minimum absolute atomic E-state index is 0.0439. The van der Waals surface area contributed by atoms with Gasteiger partial charge in [-0.3, -0.25) is 0 Å². The Balaban J connectivity index is 2.04. The largest absolute Gasteiger partial charge is 0.392 e. The van der Waals surface area contributed by atoms with E-state index in [1.807, 2.05) is 36.4 Å². The van der Waals surface area contributed by atoms with Crippen LogP contribution >= 0.6 is 23.2 Å². The molecule has 2 aromatic rings. The molecule has 94 valence electrons. The molecule has 2 aromatic carbocycles. The third-order valence-corrected chi connectivity index (χ3v) is 3.33. The van der Waals surface area contributed by atoms with E-state index in [-0.39, 0.29) is 6.61 Å². The summed E-state index contributed by atoms with van der Waals surface area (Å²) in [6, 6.07) is 13.2. The molecule has 0 aliphatic carbocycles. The van der Waals surface area contributed by atoms with Crippen LogP contribution < -0.4 is 5.32 Å². The molecule has 0 unspecified atom stereocenters. The normalized spacial score (nSPS) is 10.4. The number of benzene rings is 2. The van der Waals surface area contributed by atoms with Gasteiger partial charge in [-0.25, -0.2) is 0 Å². The van der Waals surface area contributed by atoms with Crippen molar-refractivity contribution in [3.05, 3.63) is 63.6 Å². The molecule has 0 aliphatic heterocycles. The molecule has 2 nitrogen and oxygen atoms in total. The molecule has 0 fully saturated rings. The second kappa shape index (κ2) is 6.10. The fourth-order valence-electron chi connectivity index (χ4n) is 1.63. The highest BCUT2D eigenvalue weighted by Crippen LogP contribution is 2.23. The van der Waals surface area contributed by atoms with Crippen LogP contribution in [-0.2, 0) is 13.2 Å². The Hall–Kier alpha value is -1.22. The van der Waals surface area contributed by atoms with Gasteiger partial charge in [0.05, 0.1) is 16.7 Å². The minimum atomic E-state index is 0.0439. The van der Waals surface area contributed by atoms with Gasteiger partial charge in [-0.2, -0.15) is 0 Å². The van der Waals surface area contributed by atoms with E-state index in [2.05, 4.69) is 5.32 Å². The summed E-state index contributed by atoms with van der Waals surface area (Å²) in [5.41, 5.74) is 2.90. The summed E-state index contributed by atoms with van der Waals surface area (Å²) in [5.74, 6) is 0. The first-order chi connectivity index (χ1) is 8.69. The molecule has 0 atom stereocenters. The topological polar surface area (TPSA) is 32.3 Å². The predicted octanol–water partition coefficient (Wildman–Crippen LogP) is 4.10. The Bertz CT molecular complexity index is 543. The van der Waals surface area contributed by atoms with Gasteiger partial charge in [0.2, 0.25) is 0 Å². The summed E-state index contributed by atoms with van der Waals surface area (Å²) in [6.07, 6.45) is 0. The molecule has 0 aliphatic rings. The molecule has 0 aromatic heterocycles. The van der Waals surface area contributed by atoms with Crippen molar-refractivity contribution < 1.29 is 5.11 Å². The van der Waals surface area contributed by atoms with Crippen molar-refractivity contribution in [3.63, 3.8) is 0 Å². The van der Waals surface area contributed by atoms with Crippen LogP contribution in [0.5, 0.6) is 0 Å². The Labute approximate surface area is 116 Å². The molecule has 0 saturated carbocycles. The third-order valence-electron chi connectivity index (χ3n) is 2.59. The van der Waals surface area contributed by atoms with E-state index < -0.39 is 0 Å². The average Bonchev–Trinajstić information content (AvgIpc) is 2.40. The molecular weight excluding hydrogens is 269 g/mol. The molecule has 2 N–H and O–H groups in total. The molecule has 4 heteroatoms. The fourth-order valence-corrected chi connectivity index (χ4v) is 1.95. The first-order valence-corrected chi connectivity index (χ1v) is 6.32. The van der Waals surface area contributed by atoms with Crippen molar-refractivity contribution >= 4 is 28.9 Å². The zero-order valence-electron chi connectivity index (χ0n) is 9.66. The monoisotopic (exact) mass is 281 g/mol. The SMILES string of the molecule is OCc1cccc(NCc2ccc(Cl)c(Cl)c2)c1. The van der Waals surface area contributed by atoms with E-state index in [4.69, 9.17) is 28.3 Å². The molecule has 0 amide bonds. The van der Waals surface area contributed by atoms with Crippen LogP contribution in [0, 0.1) is 0 Å². The number of hydrogen-bond acceptors (Lipinski definition) is 2. The zero-order chi connectivity index (χ0) is 13.0. The number of rotatable bonds is 4. The Kier molecular flexibility index (Phi) is 4.48. The summed E-state index contributed by atoms with van der Waals surface area (Å²) < 4.78 is 0. The molecular formula is C14H13Cl2NO. The number of halogens is 2. The molecule has 0 radical (unpaired) electrons. The standard InChI is InChI=1S/C14H13Cl2NO/c15-13-5-4-10(7-14(13)16)8-17-12-3-1-2-11(6-12)9-18/h1-7,17-18H,8-9H2. The van der Waals surface area contributed by atoms with Gasteiger partial charge in [-0.1, -0.05) is 41.4 Å². The lowest BCUT2D eigenvalue weighted by Gasteiger charge is -2.08. The number of aliphatic hydroxyl groups is 1. The van der Waals surface area contributed by atoms with Gasteiger partial charge in [0, 0.05) is 12.2 Å². The Morgan fingerprint density at radius 1 is 0.944 bits per heavy atom. The van der Waals surface area contributed by atoms with E-state index >= 15 is 0 Å². The highest BCUT2D eigenvalue weighted by Gasteiger charge is 2.00. The van der Waals surface area contributed by atoms with E-state index in [9.17, 15) is 0 Å². The van der Waals surface area contributed by atoms with Gasteiger partial charge in [-0.15, -0.1) is 0 Å². The van der Waals surface area contributed by atoms with Crippen molar-refractivity contribution in [2.75, 3.05) is 5.32 Å². The van der Waals surface area contributed by atoms with Crippen molar-refractivity contribution in [1.29, 1.82) is 0 Å². The lowest BCUT2D eigenvalue weighted by atomic mass is 10.2. The van der Waals surface area contributed by atoms with Crippen LogP contribution in [0.1, 0.15) is 11.1 Å². The van der Waals surface area contributed by atoms with Crippen LogP contribution in [0.15, 0.2) is 42.5 Å². The quantitative estimate of drug-likeness (QED) is 0.885. The Morgan fingerprint density at radius 2 is 1.78 bits per heavy atom. The lowest BCUT2D eigenvalue weighted by molar-refractivity contribution is 0.282. The van der Waals surface area contributed by atoms with Crippen LogP contribution in [0.2, 0.25) is 10.0 Å². The van der Waals surface area contributed by atoms with Crippen LogP contribution in [0.25, 0.3) is 0 Å². The molecule has 0 bridgehead atoms. The van der Waals surface area contributed by atoms with E-state index in [0.29, 0.717) is 16.6 Å². The number of aliphatic hydroxyl groups excluding tert-OH is 1. The molecule has 18 heavy (non-hydrogen) atoms.